The second kappa shape index (κ2) is 9.71. The van der Waals surface area contributed by atoms with Crippen LogP contribution in [0.5, 0.6) is 0 Å². The van der Waals surface area contributed by atoms with Crippen molar-refractivity contribution in [3.05, 3.63) is 23.9 Å². The van der Waals surface area contributed by atoms with E-state index in [0.29, 0.717) is 6.04 Å². The minimum Gasteiger partial charge on any atom is -0.383 e. The fraction of sp³-hybridized carbons (Fsp3) is 0.688. The third kappa shape index (κ3) is 5.99. The molecule has 1 aromatic rings. The average Bonchev–Trinajstić information content (AvgIpc) is 2.45. The summed E-state index contributed by atoms with van der Waals surface area (Å²) in [5, 5.41) is 3.40. The molecule has 21 heavy (non-hydrogen) atoms. The molecule has 0 aromatic carbocycles. The smallest absolute Gasteiger partial charge is 0.133 e. The molecule has 0 aliphatic rings. The van der Waals surface area contributed by atoms with E-state index in [1.165, 1.54) is 5.56 Å². The Kier molecular flexibility index (Phi) is 8.27. The number of rotatable bonds is 10. The van der Waals surface area contributed by atoms with Crippen LogP contribution in [-0.4, -0.2) is 63.4 Å². The van der Waals surface area contributed by atoms with Crippen molar-refractivity contribution >= 4 is 5.82 Å². The maximum Gasteiger partial charge on any atom is 0.133 e. The van der Waals surface area contributed by atoms with Gasteiger partial charge in [0.2, 0.25) is 0 Å². The van der Waals surface area contributed by atoms with Crippen LogP contribution < -0.4 is 10.2 Å². The lowest BCUT2D eigenvalue weighted by Crippen LogP contribution is -2.41. The van der Waals surface area contributed by atoms with Gasteiger partial charge >= 0.3 is 0 Å². The summed E-state index contributed by atoms with van der Waals surface area (Å²) in [6.07, 6.45) is 1.87. The molecule has 0 aliphatic heterocycles. The van der Waals surface area contributed by atoms with E-state index in [2.05, 4.69) is 54.1 Å². The van der Waals surface area contributed by atoms with Crippen molar-refractivity contribution < 1.29 is 4.74 Å². The van der Waals surface area contributed by atoms with Crippen molar-refractivity contribution in [3.63, 3.8) is 0 Å². The quantitative estimate of drug-likeness (QED) is 0.664. The van der Waals surface area contributed by atoms with Gasteiger partial charge in [0.05, 0.1) is 6.61 Å². The highest BCUT2D eigenvalue weighted by Crippen LogP contribution is 2.19. The normalized spacial score (nSPS) is 12.7. The van der Waals surface area contributed by atoms with Gasteiger partial charge in [-0.3, -0.25) is 0 Å². The summed E-state index contributed by atoms with van der Waals surface area (Å²) in [6.45, 7) is 8.80. The van der Waals surface area contributed by atoms with Crippen LogP contribution in [0.2, 0.25) is 0 Å². The lowest BCUT2D eigenvalue weighted by atomic mass is 10.2. The first-order valence-corrected chi connectivity index (χ1v) is 7.65. The highest BCUT2D eigenvalue weighted by Gasteiger charge is 2.17. The number of pyridine rings is 1. The molecule has 0 saturated carbocycles. The van der Waals surface area contributed by atoms with Crippen LogP contribution in [0.15, 0.2) is 18.3 Å². The predicted octanol–water partition coefficient (Wildman–Crippen LogP) is 1.59. The topological polar surface area (TPSA) is 40.6 Å². The summed E-state index contributed by atoms with van der Waals surface area (Å²) in [5.74, 6) is 1.08. The molecule has 5 heteroatoms. The Morgan fingerprint density at radius 2 is 2.14 bits per heavy atom. The monoisotopic (exact) mass is 294 g/mol. The first-order valence-electron chi connectivity index (χ1n) is 7.65. The van der Waals surface area contributed by atoms with Crippen LogP contribution in [0.1, 0.15) is 19.4 Å². The van der Waals surface area contributed by atoms with Crippen molar-refractivity contribution in [1.29, 1.82) is 0 Å². The number of nitrogens with one attached hydrogen (secondary N) is 1. The van der Waals surface area contributed by atoms with Gasteiger partial charge in [0.25, 0.3) is 0 Å². The number of ether oxygens (including phenoxy) is 1. The van der Waals surface area contributed by atoms with Gasteiger partial charge in [0.15, 0.2) is 0 Å². The summed E-state index contributed by atoms with van der Waals surface area (Å²) < 4.78 is 5.07. The van der Waals surface area contributed by atoms with Crippen molar-refractivity contribution in [3.8, 4) is 0 Å². The second-order valence-electron chi connectivity index (χ2n) is 5.55. The molecule has 1 aromatic heterocycles. The summed E-state index contributed by atoms with van der Waals surface area (Å²) in [7, 11) is 5.94. The van der Waals surface area contributed by atoms with E-state index < -0.39 is 0 Å². The van der Waals surface area contributed by atoms with E-state index in [4.69, 9.17) is 4.74 Å². The molecule has 120 valence electrons. The van der Waals surface area contributed by atoms with Crippen LogP contribution in [0.4, 0.5) is 5.82 Å². The summed E-state index contributed by atoms with van der Waals surface area (Å²) in [5.41, 5.74) is 1.24. The number of nitrogens with zero attached hydrogens (tertiary/aromatic N) is 3. The first kappa shape index (κ1) is 17.9. The maximum absolute atomic E-state index is 5.07. The van der Waals surface area contributed by atoms with Gasteiger partial charge in [0.1, 0.15) is 5.82 Å². The summed E-state index contributed by atoms with van der Waals surface area (Å²) in [4.78, 5) is 9.20. The Labute approximate surface area is 129 Å². The fourth-order valence-electron chi connectivity index (χ4n) is 2.52. The van der Waals surface area contributed by atoms with Crippen LogP contribution in [0.3, 0.4) is 0 Å². The molecule has 1 unspecified atom stereocenters. The molecule has 0 spiro atoms. The van der Waals surface area contributed by atoms with Crippen LogP contribution in [0, 0.1) is 0 Å². The largest absolute Gasteiger partial charge is 0.383 e. The van der Waals surface area contributed by atoms with Crippen molar-refractivity contribution in [1.82, 2.24) is 15.2 Å². The van der Waals surface area contributed by atoms with Crippen molar-refractivity contribution in [2.24, 2.45) is 0 Å². The molecule has 0 amide bonds. The molecular weight excluding hydrogens is 264 g/mol. The molecule has 1 N–H and O–H groups in total. The Balaban J connectivity index is 2.78. The first-order chi connectivity index (χ1) is 10.1. The Hall–Kier alpha value is -1.17. The minimum absolute atomic E-state index is 0.428. The van der Waals surface area contributed by atoms with Gasteiger partial charge in [-0.15, -0.1) is 0 Å². The second-order valence-corrected chi connectivity index (χ2v) is 5.55. The number of hydrogen-bond donors (Lipinski definition) is 1. The SMILES string of the molecule is CCN(c1ncccc1CNCCOC)C(C)CN(C)C. The van der Waals surface area contributed by atoms with E-state index in [1.807, 2.05) is 12.3 Å². The van der Waals surface area contributed by atoms with E-state index in [0.717, 1.165) is 38.6 Å². The number of anilines is 1. The summed E-state index contributed by atoms with van der Waals surface area (Å²) >= 11 is 0. The molecule has 0 saturated heterocycles. The molecule has 0 bridgehead atoms. The third-order valence-corrected chi connectivity index (χ3v) is 3.44. The number of likely N-dealkylation sites (N-methyl/N-ethyl adjacent to an activating group) is 2. The van der Waals surface area contributed by atoms with Gasteiger partial charge in [-0.25, -0.2) is 4.98 Å². The van der Waals surface area contributed by atoms with Gasteiger partial charge < -0.3 is 19.9 Å². The molecular formula is C16H30N4O. The summed E-state index contributed by atoms with van der Waals surface area (Å²) in [6, 6.07) is 4.58. The zero-order valence-electron chi connectivity index (χ0n) is 14.1. The molecule has 0 radical (unpaired) electrons. The molecule has 1 heterocycles. The van der Waals surface area contributed by atoms with Crippen LogP contribution >= 0.6 is 0 Å². The Bertz CT molecular complexity index is 398. The van der Waals surface area contributed by atoms with Crippen LogP contribution in [-0.2, 0) is 11.3 Å². The zero-order valence-corrected chi connectivity index (χ0v) is 14.1. The molecule has 0 fully saturated rings. The number of aromatic nitrogens is 1. The van der Waals surface area contributed by atoms with Gasteiger partial charge in [0, 0.05) is 51.1 Å². The Morgan fingerprint density at radius 3 is 2.76 bits per heavy atom. The van der Waals surface area contributed by atoms with Crippen LogP contribution in [0.25, 0.3) is 0 Å². The lowest BCUT2D eigenvalue weighted by Gasteiger charge is -2.32. The molecule has 1 atom stereocenters. The Morgan fingerprint density at radius 1 is 1.38 bits per heavy atom. The average molecular weight is 294 g/mol. The highest BCUT2D eigenvalue weighted by molar-refractivity contribution is 5.47. The maximum atomic E-state index is 5.07. The highest BCUT2D eigenvalue weighted by atomic mass is 16.5. The van der Waals surface area contributed by atoms with Gasteiger partial charge in [-0.2, -0.15) is 0 Å². The molecule has 1 rings (SSSR count). The molecule has 0 aliphatic carbocycles. The predicted molar refractivity (Wildman–Crippen MR) is 88.9 cm³/mol. The zero-order chi connectivity index (χ0) is 15.7. The lowest BCUT2D eigenvalue weighted by molar-refractivity contribution is 0.199. The van der Waals surface area contributed by atoms with Gasteiger partial charge in [-0.1, -0.05) is 6.07 Å². The number of methoxy groups -OCH3 is 1. The standard InChI is InChI=1S/C16H30N4O/c1-6-20(14(2)13-19(3)4)16-15(8-7-9-18-16)12-17-10-11-21-5/h7-9,14,17H,6,10-13H2,1-5H3. The fourth-order valence-corrected chi connectivity index (χ4v) is 2.52. The van der Waals surface area contributed by atoms with E-state index in [-0.39, 0.29) is 0 Å². The van der Waals surface area contributed by atoms with E-state index in [1.54, 1.807) is 7.11 Å². The minimum atomic E-state index is 0.428. The van der Waals surface area contributed by atoms with Gasteiger partial charge in [-0.05, 0) is 34.0 Å². The van der Waals surface area contributed by atoms with E-state index >= 15 is 0 Å². The van der Waals surface area contributed by atoms with Crippen molar-refractivity contribution in [2.45, 2.75) is 26.4 Å². The number of hydrogen-bond acceptors (Lipinski definition) is 5. The van der Waals surface area contributed by atoms with E-state index in [9.17, 15) is 0 Å². The third-order valence-electron chi connectivity index (χ3n) is 3.44. The van der Waals surface area contributed by atoms with Crippen molar-refractivity contribution in [2.75, 3.05) is 52.3 Å². The molecule has 5 nitrogen and oxygen atoms in total.